The molecule has 1 aromatic rings. The largest absolute Gasteiger partial charge is 0.300 e. The minimum absolute atomic E-state index is 0.0730. The molecule has 1 aromatic carbocycles. The first-order chi connectivity index (χ1) is 5.75. The van der Waals surface area contributed by atoms with Gasteiger partial charge in [0, 0.05) is 5.92 Å². The van der Waals surface area contributed by atoms with Crippen LogP contribution in [0.2, 0.25) is 6.32 Å². The zero-order valence-electron chi connectivity index (χ0n) is 7.16. The van der Waals surface area contributed by atoms with E-state index in [2.05, 4.69) is 0 Å². The van der Waals surface area contributed by atoms with E-state index in [1.165, 1.54) is 0 Å². The molecule has 0 aliphatic heterocycles. The molecule has 1 rings (SSSR count). The van der Waals surface area contributed by atoms with Gasteiger partial charge in [-0.2, -0.15) is 0 Å². The summed E-state index contributed by atoms with van der Waals surface area (Å²) >= 11 is 0. The van der Waals surface area contributed by atoms with Gasteiger partial charge in [0.25, 0.3) is 0 Å². The van der Waals surface area contributed by atoms with Gasteiger partial charge in [0.05, 0.1) is 7.85 Å². The van der Waals surface area contributed by atoms with Crippen molar-refractivity contribution in [3.8, 4) is 0 Å². The van der Waals surface area contributed by atoms with Crippen LogP contribution in [0.4, 0.5) is 0 Å². The Bertz CT molecular complexity index is 256. The average molecular weight is 158 g/mol. The molecule has 2 heteroatoms. The second kappa shape index (κ2) is 4.10. The summed E-state index contributed by atoms with van der Waals surface area (Å²) in [7, 11) is 5.26. The summed E-state index contributed by atoms with van der Waals surface area (Å²) in [6.07, 6.45) is 0.121. The first-order valence-corrected chi connectivity index (χ1v) is 4.03. The Morgan fingerprint density at radius 2 is 2.00 bits per heavy atom. The van der Waals surface area contributed by atoms with E-state index in [1.54, 1.807) is 0 Å². The number of carbonyl (C=O) groups is 1. The van der Waals surface area contributed by atoms with Crippen molar-refractivity contribution < 1.29 is 4.79 Å². The molecule has 1 atom stereocenters. The number of ketones is 1. The van der Waals surface area contributed by atoms with Crippen molar-refractivity contribution in [3.63, 3.8) is 0 Å². The third kappa shape index (κ3) is 1.97. The van der Waals surface area contributed by atoms with E-state index in [0.29, 0.717) is 0 Å². The fourth-order valence-electron chi connectivity index (χ4n) is 1.10. The Kier molecular flexibility index (Phi) is 3.09. The van der Waals surface area contributed by atoms with Crippen LogP contribution in [0.5, 0.6) is 0 Å². The molecule has 1 nitrogen and oxygen atoms in total. The maximum Gasteiger partial charge on any atom is 0.131 e. The minimum Gasteiger partial charge on any atom is -0.300 e. The summed E-state index contributed by atoms with van der Waals surface area (Å²) < 4.78 is 0. The van der Waals surface area contributed by atoms with Gasteiger partial charge in [-0.3, -0.25) is 4.79 Å². The second-order valence-corrected chi connectivity index (χ2v) is 2.80. The summed E-state index contributed by atoms with van der Waals surface area (Å²) in [5.41, 5.74) is 1.04. The monoisotopic (exact) mass is 158 g/mol. The van der Waals surface area contributed by atoms with Gasteiger partial charge in [-0.15, -0.1) is 0 Å². The molecular formula is C10H11BO. The fourth-order valence-corrected chi connectivity index (χ4v) is 1.10. The van der Waals surface area contributed by atoms with E-state index in [0.717, 1.165) is 5.56 Å². The maximum absolute atomic E-state index is 11.2. The Morgan fingerprint density at radius 3 is 2.50 bits per heavy atom. The predicted octanol–water partition coefficient (Wildman–Crippen LogP) is 1.95. The highest BCUT2D eigenvalue weighted by Gasteiger charge is 2.11. The Hall–Kier alpha value is -1.05. The normalized spacial score (nSPS) is 12.4. The van der Waals surface area contributed by atoms with Gasteiger partial charge in [-0.25, -0.2) is 0 Å². The van der Waals surface area contributed by atoms with Crippen molar-refractivity contribution >= 4 is 13.6 Å². The van der Waals surface area contributed by atoms with Crippen LogP contribution < -0.4 is 0 Å². The lowest BCUT2D eigenvalue weighted by Gasteiger charge is -2.08. The zero-order chi connectivity index (χ0) is 8.97. The van der Waals surface area contributed by atoms with Gasteiger partial charge in [0.15, 0.2) is 0 Å². The molecule has 0 aliphatic rings. The smallest absolute Gasteiger partial charge is 0.131 e. The SMILES string of the molecule is [B]CC(=O)C(C)c1ccccc1. The summed E-state index contributed by atoms with van der Waals surface area (Å²) in [6, 6.07) is 9.67. The topological polar surface area (TPSA) is 17.1 Å². The highest BCUT2D eigenvalue weighted by atomic mass is 16.1. The molecule has 0 bridgehead atoms. The molecule has 0 amide bonds. The number of Topliss-reactive ketones (excluding diaryl/α,β-unsaturated/α-hetero) is 1. The second-order valence-electron chi connectivity index (χ2n) is 2.80. The molecule has 1 unspecified atom stereocenters. The van der Waals surface area contributed by atoms with Crippen LogP contribution in [0.15, 0.2) is 30.3 Å². The summed E-state index contributed by atoms with van der Waals surface area (Å²) in [5.74, 6) is 0.0115. The van der Waals surface area contributed by atoms with Crippen LogP contribution in [-0.4, -0.2) is 13.6 Å². The maximum atomic E-state index is 11.2. The molecule has 12 heavy (non-hydrogen) atoms. The molecule has 0 N–H and O–H groups in total. The van der Waals surface area contributed by atoms with E-state index in [1.807, 2.05) is 37.3 Å². The van der Waals surface area contributed by atoms with Gasteiger partial charge in [0.1, 0.15) is 5.78 Å². The summed E-state index contributed by atoms with van der Waals surface area (Å²) in [5, 5.41) is 0. The highest BCUT2D eigenvalue weighted by molar-refractivity contribution is 6.21. The molecule has 0 saturated heterocycles. The lowest BCUT2D eigenvalue weighted by molar-refractivity contribution is -0.118. The molecule has 0 spiro atoms. The van der Waals surface area contributed by atoms with Crippen molar-refractivity contribution in [1.82, 2.24) is 0 Å². The summed E-state index contributed by atoms with van der Waals surface area (Å²) in [4.78, 5) is 11.2. The van der Waals surface area contributed by atoms with Crippen molar-refractivity contribution in [2.24, 2.45) is 0 Å². The number of rotatable bonds is 3. The number of carbonyl (C=O) groups excluding carboxylic acids is 1. The standard InChI is InChI=1S/C10H11BO/c1-8(10(12)7-11)9-5-3-2-4-6-9/h2-6,8H,7H2,1H3. The molecule has 0 saturated carbocycles. The van der Waals surface area contributed by atoms with E-state index < -0.39 is 0 Å². The molecule has 0 heterocycles. The molecule has 0 aliphatic carbocycles. The zero-order valence-corrected chi connectivity index (χ0v) is 7.16. The quantitative estimate of drug-likeness (QED) is 0.614. The average Bonchev–Trinajstić information content (AvgIpc) is 2.17. The Labute approximate surface area is 74.2 Å². The van der Waals surface area contributed by atoms with Crippen LogP contribution in [0, 0.1) is 0 Å². The van der Waals surface area contributed by atoms with Gasteiger partial charge >= 0.3 is 0 Å². The minimum atomic E-state index is -0.0730. The molecule has 0 aromatic heterocycles. The van der Waals surface area contributed by atoms with Crippen molar-refractivity contribution in [1.29, 1.82) is 0 Å². The van der Waals surface area contributed by atoms with Gasteiger partial charge in [0.2, 0.25) is 0 Å². The number of hydrogen-bond donors (Lipinski definition) is 0. The predicted molar refractivity (Wildman–Crippen MR) is 50.4 cm³/mol. The van der Waals surface area contributed by atoms with E-state index >= 15 is 0 Å². The van der Waals surface area contributed by atoms with Crippen LogP contribution in [-0.2, 0) is 4.79 Å². The van der Waals surface area contributed by atoms with Crippen molar-refractivity contribution in [2.75, 3.05) is 0 Å². The molecule has 60 valence electrons. The number of benzene rings is 1. The van der Waals surface area contributed by atoms with Gasteiger partial charge < -0.3 is 0 Å². The van der Waals surface area contributed by atoms with Crippen molar-refractivity contribution in [2.45, 2.75) is 19.2 Å². The van der Waals surface area contributed by atoms with Crippen LogP contribution >= 0.6 is 0 Å². The van der Waals surface area contributed by atoms with Crippen LogP contribution in [0.3, 0.4) is 0 Å². The lowest BCUT2D eigenvalue weighted by Crippen LogP contribution is -2.07. The lowest BCUT2D eigenvalue weighted by atomic mass is 9.88. The Balaban J connectivity index is 2.78. The van der Waals surface area contributed by atoms with Crippen LogP contribution in [0.25, 0.3) is 0 Å². The molecule has 2 radical (unpaired) electrons. The third-order valence-corrected chi connectivity index (χ3v) is 1.98. The number of hydrogen-bond acceptors (Lipinski definition) is 1. The first kappa shape index (κ1) is 9.05. The fraction of sp³-hybridized carbons (Fsp3) is 0.300. The molecular weight excluding hydrogens is 147 g/mol. The molecule has 0 fully saturated rings. The third-order valence-electron chi connectivity index (χ3n) is 1.98. The van der Waals surface area contributed by atoms with Gasteiger partial charge in [-0.05, 0) is 11.9 Å². The van der Waals surface area contributed by atoms with Gasteiger partial charge in [-0.1, -0.05) is 37.3 Å². The highest BCUT2D eigenvalue weighted by Crippen LogP contribution is 2.16. The first-order valence-electron chi connectivity index (χ1n) is 4.03. The Morgan fingerprint density at radius 1 is 1.42 bits per heavy atom. The van der Waals surface area contributed by atoms with E-state index in [-0.39, 0.29) is 18.0 Å². The summed E-state index contributed by atoms with van der Waals surface area (Å²) in [6.45, 7) is 1.88. The van der Waals surface area contributed by atoms with Crippen molar-refractivity contribution in [3.05, 3.63) is 35.9 Å². The van der Waals surface area contributed by atoms with Crippen LogP contribution in [0.1, 0.15) is 18.4 Å². The van der Waals surface area contributed by atoms with E-state index in [4.69, 9.17) is 7.85 Å². The van der Waals surface area contributed by atoms with E-state index in [9.17, 15) is 4.79 Å².